The Kier molecular flexibility index (Phi) is 6.28. The summed E-state index contributed by atoms with van der Waals surface area (Å²) in [5, 5.41) is 4.04. The van der Waals surface area contributed by atoms with Crippen molar-refractivity contribution in [3.63, 3.8) is 0 Å². The van der Waals surface area contributed by atoms with Crippen LogP contribution >= 0.6 is 0 Å². The first-order valence-corrected chi connectivity index (χ1v) is 10.7. The van der Waals surface area contributed by atoms with E-state index in [0.717, 1.165) is 19.3 Å². The topological polar surface area (TPSA) is 103 Å². The van der Waals surface area contributed by atoms with E-state index in [9.17, 15) is 8.42 Å². The van der Waals surface area contributed by atoms with Gasteiger partial charge in [-0.05, 0) is 18.8 Å². The molecular weight excluding hydrogens is 370 g/mol. The molecule has 2 aromatic heterocycles. The van der Waals surface area contributed by atoms with Crippen molar-refractivity contribution in [3.05, 3.63) is 24.2 Å². The van der Waals surface area contributed by atoms with Gasteiger partial charge in [-0.25, -0.2) is 13.4 Å². The average Bonchev–Trinajstić information content (AvgIpc) is 3.24. The number of imidazole rings is 1. The summed E-state index contributed by atoms with van der Waals surface area (Å²) in [6, 6.07) is 0. The molecule has 1 saturated heterocycles. The smallest absolute Gasteiger partial charge is 0.262 e. The van der Waals surface area contributed by atoms with E-state index >= 15 is 0 Å². The lowest BCUT2D eigenvalue weighted by Crippen LogP contribution is -2.43. The molecule has 1 aliphatic rings. The summed E-state index contributed by atoms with van der Waals surface area (Å²) in [7, 11) is -1.83. The Balaban J connectivity index is 1.50. The molecule has 27 heavy (non-hydrogen) atoms. The lowest BCUT2D eigenvalue weighted by Gasteiger charge is -2.31. The van der Waals surface area contributed by atoms with Crippen LogP contribution in [0.25, 0.3) is 0 Å². The molecule has 0 saturated carbocycles. The number of aryl methyl sites for hydroxylation is 1. The van der Waals surface area contributed by atoms with Gasteiger partial charge in [-0.15, -0.1) is 0 Å². The van der Waals surface area contributed by atoms with Gasteiger partial charge in [0, 0.05) is 39.2 Å². The summed E-state index contributed by atoms with van der Waals surface area (Å²) < 4.78 is 39.6. The van der Waals surface area contributed by atoms with Crippen molar-refractivity contribution in [3.8, 4) is 0 Å². The van der Waals surface area contributed by atoms with Crippen molar-refractivity contribution in [1.82, 2.24) is 24.0 Å². The van der Waals surface area contributed by atoms with Gasteiger partial charge in [-0.3, -0.25) is 0 Å². The number of nitrogens with zero attached hydrogens (tertiary/aromatic N) is 5. The van der Waals surface area contributed by atoms with Gasteiger partial charge in [-0.1, -0.05) is 19.0 Å². The third kappa shape index (κ3) is 5.14. The minimum Gasteiger partial charge on any atom is -0.376 e. The Bertz CT molecular complexity index is 845. The van der Waals surface area contributed by atoms with E-state index in [1.165, 1.54) is 16.8 Å². The predicted octanol–water partition coefficient (Wildman–Crippen LogP) is 1.41. The molecule has 1 unspecified atom stereocenters. The van der Waals surface area contributed by atoms with Gasteiger partial charge in [0.05, 0.1) is 19.0 Å². The Morgan fingerprint density at radius 1 is 1.41 bits per heavy atom. The molecule has 0 aliphatic carbocycles. The number of hydrogen-bond acceptors (Lipinski definition) is 7. The quantitative estimate of drug-likeness (QED) is 0.663. The average molecular weight is 398 g/mol. The number of ether oxygens (including phenoxy) is 1. The van der Waals surface area contributed by atoms with Crippen molar-refractivity contribution < 1.29 is 17.7 Å². The molecule has 150 valence electrons. The van der Waals surface area contributed by atoms with E-state index in [1.807, 2.05) is 0 Å². The molecule has 9 nitrogen and oxygen atoms in total. The lowest BCUT2D eigenvalue weighted by atomic mass is 10.1. The number of piperidine rings is 1. The zero-order valence-electron chi connectivity index (χ0n) is 16.0. The second kappa shape index (κ2) is 8.49. The lowest BCUT2D eigenvalue weighted by molar-refractivity contribution is 0.0198. The molecule has 2 aromatic rings. The van der Waals surface area contributed by atoms with E-state index in [1.54, 1.807) is 11.6 Å². The molecule has 0 spiro atoms. The fourth-order valence-electron chi connectivity index (χ4n) is 3.05. The zero-order chi connectivity index (χ0) is 19.4. The summed E-state index contributed by atoms with van der Waals surface area (Å²) in [4.78, 5) is 8.33. The maximum absolute atomic E-state index is 12.7. The first-order chi connectivity index (χ1) is 12.8. The maximum atomic E-state index is 12.7. The molecule has 1 fully saturated rings. The summed E-state index contributed by atoms with van der Waals surface area (Å²) in [5.41, 5.74) is 0. The van der Waals surface area contributed by atoms with Gasteiger partial charge in [0.25, 0.3) is 10.0 Å². The summed E-state index contributed by atoms with van der Waals surface area (Å²) >= 11 is 0. The third-order valence-electron chi connectivity index (χ3n) is 4.40. The molecular formula is C17H27N5O4S. The van der Waals surface area contributed by atoms with Gasteiger partial charge in [0.2, 0.25) is 5.89 Å². The highest BCUT2D eigenvalue weighted by Crippen LogP contribution is 2.21. The van der Waals surface area contributed by atoms with Gasteiger partial charge < -0.3 is 13.8 Å². The largest absolute Gasteiger partial charge is 0.376 e. The van der Waals surface area contributed by atoms with Crippen LogP contribution in [0.1, 0.15) is 38.4 Å². The monoisotopic (exact) mass is 397 g/mol. The van der Waals surface area contributed by atoms with E-state index < -0.39 is 10.0 Å². The standard InChI is InChI=1S/C17H27N5O4S/c1-13(2)9-16-19-15(20-26-16)6-8-25-14-5-4-7-22(10-14)27(23,24)17-11-21(3)12-18-17/h11-14H,4-10H2,1-3H3. The maximum Gasteiger partial charge on any atom is 0.262 e. The van der Waals surface area contributed by atoms with Gasteiger partial charge in [0.1, 0.15) is 0 Å². The van der Waals surface area contributed by atoms with E-state index in [4.69, 9.17) is 9.26 Å². The number of sulfonamides is 1. The first kappa shape index (κ1) is 20.0. The van der Waals surface area contributed by atoms with Crippen LogP contribution in [0.4, 0.5) is 0 Å². The second-order valence-corrected chi connectivity index (χ2v) is 9.21. The molecule has 0 N–H and O–H groups in total. The fourth-order valence-corrected chi connectivity index (χ4v) is 4.53. The molecule has 1 aliphatic heterocycles. The Morgan fingerprint density at radius 3 is 2.93 bits per heavy atom. The Labute approximate surface area is 159 Å². The summed E-state index contributed by atoms with van der Waals surface area (Å²) in [6.45, 7) is 5.45. The predicted molar refractivity (Wildman–Crippen MR) is 97.5 cm³/mol. The fraction of sp³-hybridized carbons (Fsp3) is 0.706. The van der Waals surface area contributed by atoms with Gasteiger partial charge >= 0.3 is 0 Å². The van der Waals surface area contributed by atoms with Gasteiger partial charge in [0.15, 0.2) is 10.9 Å². The Hall–Kier alpha value is -1.78. The molecule has 3 heterocycles. The minimum atomic E-state index is -3.58. The molecule has 1 atom stereocenters. The normalized spacial score (nSPS) is 19.0. The highest BCUT2D eigenvalue weighted by atomic mass is 32.2. The van der Waals surface area contributed by atoms with Crippen LogP contribution in [-0.4, -0.2) is 58.2 Å². The van der Waals surface area contributed by atoms with Crippen LogP contribution < -0.4 is 0 Å². The van der Waals surface area contributed by atoms with Crippen molar-refractivity contribution in [2.24, 2.45) is 13.0 Å². The van der Waals surface area contributed by atoms with E-state index in [0.29, 0.717) is 43.8 Å². The molecule has 3 rings (SSSR count). The van der Waals surface area contributed by atoms with Crippen LogP contribution in [0, 0.1) is 5.92 Å². The minimum absolute atomic E-state index is 0.0788. The van der Waals surface area contributed by atoms with Crippen LogP contribution in [0.15, 0.2) is 22.1 Å². The second-order valence-electron chi connectivity index (χ2n) is 7.33. The summed E-state index contributed by atoms with van der Waals surface area (Å²) in [5.74, 6) is 1.73. The molecule has 0 aromatic carbocycles. The van der Waals surface area contributed by atoms with Crippen LogP contribution in [-0.2, 0) is 34.6 Å². The molecule has 0 radical (unpaired) electrons. The van der Waals surface area contributed by atoms with Crippen molar-refractivity contribution in [2.45, 2.75) is 50.7 Å². The highest BCUT2D eigenvalue weighted by molar-refractivity contribution is 7.89. The van der Waals surface area contributed by atoms with Crippen molar-refractivity contribution in [2.75, 3.05) is 19.7 Å². The molecule has 0 bridgehead atoms. The van der Waals surface area contributed by atoms with E-state index in [-0.39, 0.29) is 11.1 Å². The molecule has 10 heteroatoms. The summed E-state index contributed by atoms with van der Waals surface area (Å²) in [6.07, 6.45) is 5.77. The first-order valence-electron chi connectivity index (χ1n) is 9.26. The number of hydrogen-bond donors (Lipinski definition) is 0. The zero-order valence-corrected chi connectivity index (χ0v) is 16.9. The van der Waals surface area contributed by atoms with Crippen molar-refractivity contribution in [1.29, 1.82) is 0 Å². The van der Waals surface area contributed by atoms with E-state index in [2.05, 4.69) is 29.0 Å². The van der Waals surface area contributed by atoms with Crippen LogP contribution in [0.3, 0.4) is 0 Å². The number of rotatable bonds is 8. The van der Waals surface area contributed by atoms with Crippen LogP contribution in [0.5, 0.6) is 0 Å². The molecule has 0 amide bonds. The van der Waals surface area contributed by atoms with Gasteiger partial charge in [-0.2, -0.15) is 9.29 Å². The highest BCUT2D eigenvalue weighted by Gasteiger charge is 2.32. The SMILES string of the molecule is CC(C)Cc1nc(CCOC2CCCN(S(=O)(=O)c3cn(C)cn3)C2)no1. The number of aromatic nitrogens is 4. The van der Waals surface area contributed by atoms with Crippen LogP contribution in [0.2, 0.25) is 0 Å². The Morgan fingerprint density at radius 2 is 2.22 bits per heavy atom. The van der Waals surface area contributed by atoms with Crippen molar-refractivity contribution >= 4 is 10.0 Å². The third-order valence-corrected chi connectivity index (χ3v) is 6.15.